The van der Waals surface area contributed by atoms with Crippen molar-refractivity contribution in [2.24, 2.45) is 0 Å². The van der Waals surface area contributed by atoms with Gasteiger partial charge in [0.2, 0.25) is 0 Å². The van der Waals surface area contributed by atoms with Crippen molar-refractivity contribution in [3.63, 3.8) is 0 Å². The lowest BCUT2D eigenvalue weighted by atomic mass is 10.1. The number of aliphatic hydroxyl groups excluding tert-OH is 2. The zero-order valence-electron chi connectivity index (χ0n) is 7.46. The Morgan fingerprint density at radius 2 is 1.10 bits per heavy atom. The van der Waals surface area contributed by atoms with Crippen molar-refractivity contribution in [2.75, 3.05) is 0 Å². The molecule has 0 aliphatic heterocycles. The first-order valence-corrected chi connectivity index (χ1v) is 3.99. The third-order valence-corrected chi connectivity index (χ3v) is 1.00. The average molecular weight is 148 g/mol. The highest BCUT2D eigenvalue weighted by molar-refractivity contribution is 4.51. The SMILES string of the molecule is CC.CC(O)CCC(C)O. The van der Waals surface area contributed by atoms with Crippen molar-refractivity contribution in [1.29, 1.82) is 0 Å². The van der Waals surface area contributed by atoms with Crippen molar-refractivity contribution >= 4 is 0 Å². The van der Waals surface area contributed by atoms with Gasteiger partial charge in [-0.15, -0.1) is 0 Å². The number of hydrogen-bond acceptors (Lipinski definition) is 2. The average Bonchev–Trinajstić information content (AvgIpc) is 1.89. The minimum atomic E-state index is -0.274. The first-order chi connectivity index (χ1) is 4.63. The molecule has 0 aromatic rings. The van der Waals surface area contributed by atoms with E-state index in [0.29, 0.717) is 12.8 Å². The summed E-state index contributed by atoms with van der Waals surface area (Å²) in [6.45, 7) is 7.45. The van der Waals surface area contributed by atoms with Crippen LogP contribution in [0, 0.1) is 0 Å². The second kappa shape index (κ2) is 8.92. The van der Waals surface area contributed by atoms with Gasteiger partial charge in [-0.1, -0.05) is 13.8 Å². The third kappa shape index (κ3) is 15.7. The molecular weight excluding hydrogens is 128 g/mol. The van der Waals surface area contributed by atoms with E-state index in [2.05, 4.69) is 0 Å². The van der Waals surface area contributed by atoms with Gasteiger partial charge in [-0.05, 0) is 26.7 Å². The van der Waals surface area contributed by atoms with Gasteiger partial charge in [0, 0.05) is 0 Å². The molecule has 0 saturated heterocycles. The summed E-state index contributed by atoms with van der Waals surface area (Å²) in [6.07, 6.45) is 0.837. The molecular formula is C8H20O2. The van der Waals surface area contributed by atoms with Crippen molar-refractivity contribution < 1.29 is 10.2 Å². The number of hydrogen-bond donors (Lipinski definition) is 2. The second-order valence-corrected chi connectivity index (χ2v) is 2.28. The van der Waals surface area contributed by atoms with Crippen LogP contribution in [0.4, 0.5) is 0 Å². The molecule has 0 aromatic heterocycles. The van der Waals surface area contributed by atoms with Gasteiger partial charge in [0.1, 0.15) is 0 Å². The van der Waals surface area contributed by atoms with E-state index in [-0.39, 0.29) is 12.2 Å². The zero-order valence-corrected chi connectivity index (χ0v) is 7.46. The lowest BCUT2D eigenvalue weighted by molar-refractivity contribution is 0.133. The Labute approximate surface area is 63.9 Å². The molecule has 0 aliphatic carbocycles. The van der Waals surface area contributed by atoms with Crippen LogP contribution in [0.3, 0.4) is 0 Å². The molecule has 0 aromatic carbocycles. The van der Waals surface area contributed by atoms with Crippen LogP contribution in [0.2, 0.25) is 0 Å². The maximum Gasteiger partial charge on any atom is 0.0513 e. The lowest BCUT2D eigenvalue weighted by Gasteiger charge is -2.04. The molecule has 0 rings (SSSR count). The smallest absolute Gasteiger partial charge is 0.0513 e. The number of aliphatic hydroxyl groups is 2. The molecule has 2 atom stereocenters. The Morgan fingerprint density at radius 1 is 0.900 bits per heavy atom. The van der Waals surface area contributed by atoms with Gasteiger partial charge in [0.25, 0.3) is 0 Å². The van der Waals surface area contributed by atoms with E-state index < -0.39 is 0 Å². The van der Waals surface area contributed by atoms with E-state index >= 15 is 0 Å². The van der Waals surface area contributed by atoms with E-state index in [1.807, 2.05) is 13.8 Å². The lowest BCUT2D eigenvalue weighted by Crippen LogP contribution is -2.06. The molecule has 0 spiro atoms. The van der Waals surface area contributed by atoms with Gasteiger partial charge < -0.3 is 10.2 Å². The highest BCUT2D eigenvalue weighted by atomic mass is 16.3. The van der Waals surface area contributed by atoms with Crippen LogP contribution in [0.15, 0.2) is 0 Å². The predicted molar refractivity (Wildman–Crippen MR) is 43.9 cm³/mol. The molecule has 0 fully saturated rings. The monoisotopic (exact) mass is 148 g/mol. The summed E-state index contributed by atoms with van der Waals surface area (Å²) in [4.78, 5) is 0. The van der Waals surface area contributed by atoms with Gasteiger partial charge in [0.15, 0.2) is 0 Å². The Hall–Kier alpha value is -0.0800. The maximum atomic E-state index is 8.69. The molecule has 2 heteroatoms. The maximum absolute atomic E-state index is 8.69. The molecule has 0 heterocycles. The van der Waals surface area contributed by atoms with Crippen LogP contribution in [0.1, 0.15) is 40.5 Å². The fraction of sp³-hybridized carbons (Fsp3) is 1.00. The first-order valence-electron chi connectivity index (χ1n) is 3.99. The summed E-state index contributed by atoms with van der Waals surface area (Å²) in [5, 5.41) is 17.4. The Kier molecular flexibility index (Phi) is 11.2. The summed E-state index contributed by atoms with van der Waals surface area (Å²) in [6, 6.07) is 0. The van der Waals surface area contributed by atoms with Crippen LogP contribution in [-0.2, 0) is 0 Å². The Balaban J connectivity index is 0. The summed E-state index contributed by atoms with van der Waals surface area (Å²) >= 11 is 0. The fourth-order valence-electron chi connectivity index (χ4n) is 0.482. The summed E-state index contributed by atoms with van der Waals surface area (Å²) in [7, 11) is 0. The van der Waals surface area contributed by atoms with Crippen LogP contribution < -0.4 is 0 Å². The third-order valence-electron chi connectivity index (χ3n) is 1.00. The first kappa shape index (κ1) is 12.6. The number of rotatable bonds is 3. The molecule has 2 N–H and O–H groups in total. The van der Waals surface area contributed by atoms with E-state index in [1.54, 1.807) is 13.8 Å². The Morgan fingerprint density at radius 3 is 1.20 bits per heavy atom. The van der Waals surface area contributed by atoms with Crippen molar-refractivity contribution in [2.45, 2.75) is 52.7 Å². The predicted octanol–water partition coefficient (Wildman–Crippen LogP) is 1.55. The molecule has 2 unspecified atom stereocenters. The zero-order chi connectivity index (χ0) is 8.57. The Bertz CT molecular complexity index is 43.2. The van der Waals surface area contributed by atoms with Crippen LogP contribution in [-0.4, -0.2) is 22.4 Å². The molecule has 0 aliphatic rings. The summed E-state index contributed by atoms with van der Waals surface area (Å²) < 4.78 is 0. The summed E-state index contributed by atoms with van der Waals surface area (Å²) in [5.74, 6) is 0. The van der Waals surface area contributed by atoms with Crippen LogP contribution in [0.25, 0.3) is 0 Å². The van der Waals surface area contributed by atoms with Gasteiger partial charge >= 0.3 is 0 Å². The molecule has 0 amide bonds. The highest BCUT2D eigenvalue weighted by Gasteiger charge is 1.98. The summed E-state index contributed by atoms with van der Waals surface area (Å²) in [5.41, 5.74) is 0. The minimum Gasteiger partial charge on any atom is -0.393 e. The van der Waals surface area contributed by atoms with Gasteiger partial charge in [-0.3, -0.25) is 0 Å². The molecule has 0 radical (unpaired) electrons. The van der Waals surface area contributed by atoms with Crippen molar-refractivity contribution in [1.82, 2.24) is 0 Å². The topological polar surface area (TPSA) is 40.5 Å². The fourth-order valence-corrected chi connectivity index (χ4v) is 0.482. The molecule has 10 heavy (non-hydrogen) atoms. The normalized spacial score (nSPS) is 15.0. The van der Waals surface area contributed by atoms with E-state index in [1.165, 1.54) is 0 Å². The standard InChI is InChI=1S/C6H14O2.C2H6/c1-5(7)3-4-6(2)8;1-2/h5-8H,3-4H2,1-2H3;1-2H3. The highest BCUT2D eigenvalue weighted by Crippen LogP contribution is 1.98. The van der Waals surface area contributed by atoms with Gasteiger partial charge in [-0.2, -0.15) is 0 Å². The van der Waals surface area contributed by atoms with Crippen LogP contribution in [0.5, 0.6) is 0 Å². The van der Waals surface area contributed by atoms with E-state index in [4.69, 9.17) is 10.2 Å². The van der Waals surface area contributed by atoms with Gasteiger partial charge in [-0.25, -0.2) is 0 Å². The molecule has 0 saturated carbocycles. The van der Waals surface area contributed by atoms with Crippen molar-refractivity contribution in [3.05, 3.63) is 0 Å². The van der Waals surface area contributed by atoms with Crippen molar-refractivity contribution in [3.8, 4) is 0 Å². The van der Waals surface area contributed by atoms with Crippen LogP contribution >= 0.6 is 0 Å². The van der Waals surface area contributed by atoms with E-state index in [0.717, 1.165) is 0 Å². The quantitative estimate of drug-likeness (QED) is 0.637. The molecule has 0 bridgehead atoms. The van der Waals surface area contributed by atoms with Gasteiger partial charge in [0.05, 0.1) is 12.2 Å². The molecule has 64 valence electrons. The second-order valence-electron chi connectivity index (χ2n) is 2.28. The minimum absolute atomic E-state index is 0.274. The molecule has 2 nitrogen and oxygen atoms in total. The largest absolute Gasteiger partial charge is 0.393 e. The van der Waals surface area contributed by atoms with E-state index in [9.17, 15) is 0 Å².